The molecule has 0 aliphatic rings. The van der Waals surface area contributed by atoms with Gasteiger partial charge in [0, 0.05) is 6.07 Å². The number of thiophene rings is 1. The zero-order valence-corrected chi connectivity index (χ0v) is 11.6. The summed E-state index contributed by atoms with van der Waals surface area (Å²) in [6, 6.07) is 1.64. The van der Waals surface area contributed by atoms with E-state index in [0.29, 0.717) is 29.0 Å². The van der Waals surface area contributed by atoms with Crippen LogP contribution >= 0.6 is 11.3 Å². The first-order valence-corrected chi connectivity index (χ1v) is 6.61. The fourth-order valence-electron chi connectivity index (χ4n) is 1.61. The highest BCUT2D eigenvalue weighted by Crippen LogP contribution is 2.34. The minimum atomic E-state index is 0.367. The number of methoxy groups -OCH3 is 1. The number of anilines is 1. The maximum Gasteiger partial charge on any atom is 0.270 e. The van der Waals surface area contributed by atoms with Gasteiger partial charge in [-0.15, -0.1) is 11.3 Å². The summed E-state index contributed by atoms with van der Waals surface area (Å²) in [6.45, 7) is 1.93. The van der Waals surface area contributed by atoms with Crippen molar-refractivity contribution in [1.29, 1.82) is 0 Å². The van der Waals surface area contributed by atoms with Crippen LogP contribution < -0.4 is 10.5 Å². The zero-order chi connectivity index (χ0) is 14.1. The number of ether oxygens (including phenoxy) is 1. The first-order chi connectivity index (χ1) is 9.69. The first kappa shape index (κ1) is 12.5. The maximum absolute atomic E-state index is 5.97. The van der Waals surface area contributed by atoms with E-state index in [-0.39, 0.29) is 0 Å². The standard InChI is InChI=1S/C12H11N5O2S/c1-6-4-20-10(9(6)13)12-16-11(17-19-12)7-3-8(18-2)15-5-14-7/h3-5H,13H2,1-2H3. The Kier molecular flexibility index (Phi) is 3.07. The Labute approximate surface area is 118 Å². The predicted octanol–water partition coefficient (Wildman–Crippen LogP) is 2.15. The second kappa shape index (κ2) is 4.89. The van der Waals surface area contributed by atoms with Gasteiger partial charge in [-0.25, -0.2) is 9.97 Å². The van der Waals surface area contributed by atoms with Crippen molar-refractivity contribution >= 4 is 17.0 Å². The SMILES string of the molecule is COc1cc(-c2noc(-c3scc(C)c3N)n2)ncn1. The Hall–Kier alpha value is -2.48. The van der Waals surface area contributed by atoms with Gasteiger partial charge in [0.05, 0.1) is 12.8 Å². The van der Waals surface area contributed by atoms with Gasteiger partial charge in [-0.3, -0.25) is 0 Å². The van der Waals surface area contributed by atoms with Crippen LogP contribution in [0.3, 0.4) is 0 Å². The Morgan fingerprint density at radius 2 is 2.20 bits per heavy atom. The lowest BCUT2D eigenvalue weighted by atomic mass is 10.3. The van der Waals surface area contributed by atoms with Gasteiger partial charge in [0.2, 0.25) is 11.7 Å². The summed E-state index contributed by atoms with van der Waals surface area (Å²) >= 11 is 1.47. The molecule has 3 rings (SSSR count). The summed E-state index contributed by atoms with van der Waals surface area (Å²) in [7, 11) is 1.53. The molecule has 0 fully saturated rings. The summed E-state index contributed by atoms with van der Waals surface area (Å²) in [5.41, 5.74) is 8.14. The Balaban J connectivity index is 1.99. The largest absolute Gasteiger partial charge is 0.481 e. The van der Waals surface area contributed by atoms with Crippen LogP contribution in [0.15, 0.2) is 22.3 Å². The van der Waals surface area contributed by atoms with E-state index in [1.54, 1.807) is 6.07 Å². The highest BCUT2D eigenvalue weighted by Gasteiger charge is 2.17. The lowest BCUT2D eigenvalue weighted by molar-refractivity contribution is 0.397. The van der Waals surface area contributed by atoms with Crippen LogP contribution in [-0.4, -0.2) is 27.2 Å². The molecule has 20 heavy (non-hydrogen) atoms. The van der Waals surface area contributed by atoms with Crippen LogP contribution in [0, 0.1) is 6.92 Å². The van der Waals surface area contributed by atoms with Gasteiger partial charge in [0.25, 0.3) is 5.89 Å². The average molecular weight is 289 g/mol. The van der Waals surface area contributed by atoms with Crippen molar-refractivity contribution in [2.45, 2.75) is 6.92 Å². The van der Waals surface area contributed by atoms with Gasteiger partial charge in [-0.1, -0.05) is 5.16 Å². The number of nitrogens with two attached hydrogens (primary N) is 1. The number of nitrogen functional groups attached to an aromatic ring is 1. The third kappa shape index (κ3) is 2.10. The molecule has 0 radical (unpaired) electrons. The monoisotopic (exact) mass is 289 g/mol. The van der Waals surface area contributed by atoms with E-state index in [1.807, 2.05) is 12.3 Å². The number of aromatic nitrogens is 4. The van der Waals surface area contributed by atoms with Gasteiger partial charge < -0.3 is 15.0 Å². The molecule has 0 aliphatic heterocycles. The average Bonchev–Trinajstić information content (AvgIpc) is 3.07. The molecule has 0 spiro atoms. The van der Waals surface area contributed by atoms with Gasteiger partial charge in [-0.2, -0.15) is 4.98 Å². The van der Waals surface area contributed by atoms with Gasteiger partial charge >= 0.3 is 0 Å². The topological polar surface area (TPSA) is 100.0 Å². The lowest BCUT2D eigenvalue weighted by Gasteiger charge is -1.97. The van der Waals surface area contributed by atoms with Gasteiger partial charge in [-0.05, 0) is 17.9 Å². The highest BCUT2D eigenvalue weighted by atomic mass is 32.1. The molecule has 0 amide bonds. The molecule has 3 heterocycles. The molecule has 0 unspecified atom stereocenters. The molecule has 8 heteroatoms. The summed E-state index contributed by atoms with van der Waals surface area (Å²) in [5, 5.41) is 5.85. The predicted molar refractivity (Wildman–Crippen MR) is 74.3 cm³/mol. The summed E-state index contributed by atoms with van der Waals surface area (Å²) in [5.74, 6) is 1.19. The van der Waals surface area contributed by atoms with E-state index < -0.39 is 0 Å². The van der Waals surface area contributed by atoms with Crippen LogP contribution in [-0.2, 0) is 0 Å². The van der Waals surface area contributed by atoms with Crippen molar-refractivity contribution in [3.05, 3.63) is 23.3 Å². The van der Waals surface area contributed by atoms with E-state index in [9.17, 15) is 0 Å². The van der Waals surface area contributed by atoms with Crippen LogP contribution in [0.2, 0.25) is 0 Å². The van der Waals surface area contributed by atoms with Crippen LogP contribution in [0.5, 0.6) is 5.88 Å². The minimum absolute atomic E-state index is 0.367. The summed E-state index contributed by atoms with van der Waals surface area (Å²) in [6.07, 6.45) is 1.38. The number of aryl methyl sites for hydroxylation is 1. The lowest BCUT2D eigenvalue weighted by Crippen LogP contribution is -1.92. The molecule has 102 valence electrons. The molecular weight excluding hydrogens is 278 g/mol. The van der Waals surface area contributed by atoms with Crippen LogP contribution in [0.25, 0.3) is 22.3 Å². The Bertz CT molecular complexity index is 752. The van der Waals surface area contributed by atoms with E-state index in [2.05, 4.69) is 20.1 Å². The van der Waals surface area contributed by atoms with E-state index in [0.717, 1.165) is 10.4 Å². The Morgan fingerprint density at radius 1 is 1.35 bits per heavy atom. The van der Waals surface area contributed by atoms with Gasteiger partial charge in [0.1, 0.15) is 16.9 Å². The molecule has 7 nitrogen and oxygen atoms in total. The number of hydrogen-bond acceptors (Lipinski definition) is 8. The molecule has 0 bridgehead atoms. The molecule has 0 saturated heterocycles. The molecule has 0 atom stereocenters. The zero-order valence-electron chi connectivity index (χ0n) is 10.8. The molecule has 3 aromatic heterocycles. The second-order valence-corrected chi connectivity index (χ2v) is 4.91. The Morgan fingerprint density at radius 3 is 2.90 bits per heavy atom. The fraction of sp³-hybridized carbons (Fsp3) is 0.167. The number of hydrogen-bond donors (Lipinski definition) is 1. The van der Waals surface area contributed by atoms with E-state index in [4.69, 9.17) is 15.0 Å². The summed E-state index contributed by atoms with van der Waals surface area (Å²) < 4.78 is 10.3. The molecule has 3 aromatic rings. The van der Waals surface area contributed by atoms with Crippen LogP contribution in [0.4, 0.5) is 5.69 Å². The van der Waals surface area contributed by atoms with Crippen molar-refractivity contribution in [3.8, 4) is 28.2 Å². The summed E-state index contributed by atoms with van der Waals surface area (Å²) in [4.78, 5) is 13.1. The third-order valence-corrected chi connectivity index (χ3v) is 3.83. The van der Waals surface area contributed by atoms with Gasteiger partial charge in [0.15, 0.2) is 0 Å². The van der Waals surface area contributed by atoms with Crippen molar-refractivity contribution in [1.82, 2.24) is 20.1 Å². The van der Waals surface area contributed by atoms with Crippen molar-refractivity contribution in [3.63, 3.8) is 0 Å². The molecule has 0 aromatic carbocycles. The number of rotatable bonds is 3. The van der Waals surface area contributed by atoms with E-state index in [1.165, 1.54) is 24.8 Å². The maximum atomic E-state index is 5.97. The fourth-order valence-corrected chi connectivity index (χ4v) is 2.51. The quantitative estimate of drug-likeness (QED) is 0.788. The molecule has 0 aliphatic carbocycles. The van der Waals surface area contributed by atoms with Crippen LogP contribution in [0.1, 0.15) is 5.56 Å². The highest BCUT2D eigenvalue weighted by molar-refractivity contribution is 7.14. The molecule has 0 saturated carbocycles. The van der Waals surface area contributed by atoms with E-state index >= 15 is 0 Å². The second-order valence-electron chi connectivity index (χ2n) is 4.03. The van der Waals surface area contributed by atoms with Crippen molar-refractivity contribution < 1.29 is 9.26 Å². The molecular formula is C12H11N5O2S. The van der Waals surface area contributed by atoms with Crippen molar-refractivity contribution in [2.24, 2.45) is 0 Å². The normalized spacial score (nSPS) is 10.7. The first-order valence-electron chi connectivity index (χ1n) is 5.73. The minimum Gasteiger partial charge on any atom is -0.481 e. The molecule has 2 N–H and O–H groups in total. The third-order valence-electron chi connectivity index (χ3n) is 2.72. The number of nitrogens with zero attached hydrogens (tertiary/aromatic N) is 4. The van der Waals surface area contributed by atoms with Crippen molar-refractivity contribution in [2.75, 3.05) is 12.8 Å². The smallest absolute Gasteiger partial charge is 0.270 e.